The van der Waals surface area contributed by atoms with Gasteiger partial charge in [-0.25, -0.2) is 10.4 Å². The maximum atomic E-state index is 5.59. The number of rotatable bonds is 4. The molecule has 1 atom stereocenters. The van der Waals surface area contributed by atoms with Crippen molar-refractivity contribution < 1.29 is 4.74 Å². The van der Waals surface area contributed by atoms with Gasteiger partial charge in [0.1, 0.15) is 6.23 Å². The average molecular weight is 173 g/mol. The third-order valence-electron chi connectivity index (χ3n) is 2.14. The Balaban J connectivity index is 2.29. The summed E-state index contributed by atoms with van der Waals surface area (Å²) < 4.78 is 5.59. The maximum absolute atomic E-state index is 5.59. The zero-order valence-corrected chi connectivity index (χ0v) is 7.75. The van der Waals surface area contributed by atoms with Gasteiger partial charge in [-0.05, 0) is 19.3 Å². The van der Waals surface area contributed by atoms with Crippen LogP contribution in [0.5, 0.6) is 0 Å². The van der Waals surface area contributed by atoms with E-state index in [4.69, 9.17) is 10.5 Å². The molecule has 0 saturated carbocycles. The summed E-state index contributed by atoms with van der Waals surface area (Å²) in [5, 5.41) is 2.07. The molecule has 4 nitrogen and oxygen atoms in total. The van der Waals surface area contributed by atoms with Gasteiger partial charge in [-0.15, -0.1) is 0 Å². The molecule has 0 radical (unpaired) electrons. The quantitative estimate of drug-likeness (QED) is 0.473. The van der Waals surface area contributed by atoms with Crippen LogP contribution in [-0.4, -0.2) is 31.1 Å². The highest BCUT2D eigenvalue weighted by Crippen LogP contribution is 2.14. The van der Waals surface area contributed by atoms with E-state index in [1.807, 2.05) is 0 Å². The van der Waals surface area contributed by atoms with Crippen molar-refractivity contribution in [2.24, 2.45) is 5.73 Å². The van der Waals surface area contributed by atoms with Crippen LogP contribution in [0.15, 0.2) is 0 Å². The smallest absolute Gasteiger partial charge is 0.123 e. The van der Waals surface area contributed by atoms with Crippen molar-refractivity contribution in [3.05, 3.63) is 0 Å². The third kappa shape index (κ3) is 2.71. The molecule has 1 fully saturated rings. The van der Waals surface area contributed by atoms with Gasteiger partial charge in [0.2, 0.25) is 0 Å². The van der Waals surface area contributed by atoms with E-state index in [9.17, 15) is 0 Å². The van der Waals surface area contributed by atoms with Gasteiger partial charge in [0.25, 0.3) is 0 Å². The Kier molecular flexibility index (Phi) is 4.53. The first kappa shape index (κ1) is 9.92. The largest absolute Gasteiger partial charge is 0.362 e. The summed E-state index contributed by atoms with van der Waals surface area (Å²) in [6.07, 6.45) is 3.79. The lowest BCUT2D eigenvalue weighted by atomic mass is 10.2. The molecule has 0 amide bonds. The molecule has 1 saturated heterocycles. The average Bonchev–Trinajstić information content (AvgIpc) is 2.15. The molecule has 12 heavy (non-hydrogen) atoms. The summed E-state index contributed by atoms with van der Waals surface area (Å²) in [6, 6.07) is 0. The highest BCUT2D eigenvalue weighted by Gasteiger charge is 2.19. The Labute approximate surface area is 74.0 Å². The van der Waals surface area contributed by atoms with E-state index >= 15 is 0 Å². The number of hydrogen-bond acceptors (Lipinski definition) is 4. The minimum atomic E-state index is 0.229. The molecular formula is C8H19N3O. The van der Waals surface area contributed by atoms with Crippen molar-refractivity contribution in [1.29, 1.82) is 0 Å². The van der Waals surface area contributed by atoms with Gasteiger partial charge < -0.3 is 10.5 Å². The van der Waals surface area contributed by atoms with E-state index in [-0.39, 0.29) is 6.23 Å². The zero-order valence-electron chi connectivity index (χ0n) is 7.75. The topological polar surface area (TPSA) is 50.5 Å². The molecule has 0 spiro atoms. The lowest BCUT2D eigenvalue weighted by Crippen LogP contribution is -2.49. The fourth-order valence-corrected chi connectivity index (χ4v) is 1.50. The SMILES string of the molecule is CCN(NCN)C1CCCCO1. The van der Waals surface area contributed by atoms with E-state index in [1.54, 1.807) is 0 Å². The monoisotopic (exact) mass is 173 g/mol. The first-order valence-electron chi connectivity index (χ1n) is 4.70. The number of hydrogen-bond donors (Lipinski definition) is 2. The van der Waals surface area contributed by atoms with Gasteiger partial charge >= 0.3 is 0 Å². The normalized spacial score (nSPS) is 24.8. The summed E-state index contributed by atoms with van der Waals surface area (Å²) in [6.45, 7) is 4.39. The predicted octanol–water partition coefficient (Wildman–Crippen LogP) is 0.256. The van der Waals surface area contributed by atoms with Crippen LogP contribution < -0.4 is 11.2 Å². The molecule has 0 bridgehead atoms. The molecule has 72 valence electrons. The molecule has 1 aliphatic heterocycles. The van der Waals surface area contributed by atoms with E-state index in [0.29, 0.717) is 6.67 Å². The van der Waals surface area contributed by atoms with Gasteiger partial charge in [-0.1, -0.05) is 6.92 Å². The molecular weight excluding hydrogens is 154 g/mol. The summed E-state index contributed by atoms with van der Waals surface area (Å²) >= 11 is 0. The molecule has 0 aromatic rings. The van der Waals surface area contributed by atoms with Crippen molar-refractivity contribution in [2.75, 3.05) is 19.8 Å². The number of nitrogens with zero attached hydrogens (tertiary/aromatic N) is 1. The second kappa shape index (κ2) is 5.48. The number of nitrogens with one attached hydrogen (secondary N) is 1. The van der Waals surface area contributed by atoms with Gasteiger partial charge in [-0.3, -0.25) is 0 Å². The summed E-state index contributed by atoms with van der Waals surface area (Å²) in [7, 11) is 0. The number of hydrazine groups is 1. The van der Waals surface area contributed by atoms with E-state index < -0.39 is 0 Å². The summed E-state index contributed by atoms with van der Waals surface area (Å²) in [4.78, 5) is 0. The fraction of sp³-hybridized carbons (Fsp3) is 1.00. The van der Waals surface area contributed by atoms with Crippen LogP contribution in [-0.2, 0) is 4.74 Å². The van der Waals surface area contributed by atoms with Crippen molar-refractivity contribution in [3.63, 3.8) is 0 Å². The molecule has 0 aliphatic carbocycles. The molecule has 0 aromatic heterocycles. The molecule has 1 rings (SSSR count). The van der Waals surface area contributed by atoms with Crippen molar-refractivity contribution in [1.82, 2.24) is 10.4 Å². The lowest BCUT2D eigenvalue weighted by molar-refractivity contribution is -0.105. The fourth-order valence-electron chi connectivity index (χ4n) is 1.50. The van der Waals surface area contributed by atoms with Crippen LogP contribution in [0.2, 0.25) is 0 Å². The van der Waals surface area contributed by atoms with Crippen LogP contribution in [0.4, 0.5) is 0 Å². The van der Waals surface area contributed by atoms with Gasteiger partial charge in [0.05, 0.1) is 6.67 Å². The van der Waals surface area contributed by atoms with Crippen LogP contribution in [0, 0.1) is 0 Å². The Morgan fingerprint density at radius 3 is 2.92 bits per heavy atom. The summed E-state index contributed by atoms with van der Waals surface area (Å²) in [5.41, 5.74) is 8.49. The van der Waals surface area contributed by atoms with E-state index in [0.717, 1.165) is 19.6 Å². The molecule has 1 aliphatic rings. The Hall–Kier alpha value is -0.160. The van der Waals surface area contributed by atoms with Crippen LogP contribution in [0.1, 0.15) is 26.2 Å². The molecule has 3 N–H and O–H groups in total. The van der Waals surface area contributed by atoms with Gasteiger partial charge in [-0.2, -0.15) is 0 Å². The van der Waals surface area contributed by atoms with Crippen LogP contribution >= 0.6 is 0 Å². The minimum absolute atomic E-state index is 0.229. The van der Waals surface area contributed by atoms with Gasteiger partial charge in [0, 0.05) is 13.2 Å². The molecule has 0 aromatic carbocycles. The summed E-state index contributed by atoms with van der Waals surface area (Å²) in [5.74, 6) is 0. The van der Waals surface area contributed by atoms with E-state index in [2.05, 4.69) is 17.4 Å². The molecule has 4 heteroatoms. The Morgan fingerprint density at radius 2 is 2.42 bits per heavy atom. The van der Waals surface area contributed by atoms with Gasteiger partial charge in [0.15, 0.2) is 0 Å². The number of nitrogens with two attached hydrogens (primary N) is 1. The third-order valence-corrected chi connectivity index (χ3v) is 2.14. The first-order valence-corrected chi connectivity index (χ1v) is 4.70. The first-order chi connectivity index (χ1) is 5.88. The zero-order chi connectivity index (χ0) is 8.81. The highest BCUT2D eigenvalue weighted by molar-refractivity contribution is 4.62. The van der Waals surface area contributed by atoms with Crippen molar-refractivity contribution >= 4 is 0 Å². The number of ether oxygens (including phenoxy) is 1. The van der Waals surface area contributed by atoms with Crippen molar-refractivity contribution in [3.8, 4) is 0 Å². The Morgan fingerprint density at radius 1 is 1.58 bits per heavy atom. The second-order valence-electron chi connectivity index (χ2n) is 2.97. The standard InChI is InChI=1S/C8H19N3O/c1-2-11(10-7-9)8-5-3-4-6-12-8/h8,10H,2-7,9H2,1H3. The molecule has 1 heterocycles. The lowest BCUT2D eigenvalue weighted by Gasteiger charge is -2.33. The second-order valence-corrected chi connectivity index (χ2v) is 2.97. The van der Waals surface area contributed by atoms with Crippen LogP contribution in [0.3, 0.4) is 0 Å². The highest BCUT2D eigenvalue weighted by atomic mass is 16.5. The van der Waals surface area contributed by atoms with E-state index in [1.165, 1.54) is 12.8 Å². The predicted molar refractivity (Wildman–Crippen MR) is 48.2 cm³/mol. The van der Waals surface area contributed by atoms with Crippen LogP contribution in [0.25, 0.3) is 0 Å². The maximum Gasteiger partial charge on any atom is 0.123 e. The minimum Gasteiger partial charge on any atom is -0.362 e. The van der Waals surface area contributed by atoms with Crippen molar-refractivity contribution in [2.45, 2.75) is 32.4 Å². The Bertz CT molecular complexity index is 112. The molecule has 1 unspecified atom stereocenters.